The van der Waals surface area contributed by atoms with Crippen molar-refractivity contribution in [3.8, 4) is 6.19 Å². The van der Waals surface area contributed by atoms with Crippen LogP contribution in [0.3, 0.4) is 0 Å². The van der Waals surface area contributed by atoms with Gasteiger partial charge in [0.25, 0.3) is 5.91 Å². The predicted molar refractivity (Wildman–Crippen MR) is 147 cm³/mol. The Morgan fingerprint density at radius 3 is 2.33 bits per heavy atom. The molecule has 1 aromatic heterocycles. The molecule has 1 aromatic carbocycles. The summed E-state index contributed by atoms with van der Waals surface area (Å²) in [6.45, 7) is 2.71. The van der Waals surface area contributed by atoms with Crippen molar-refractivity contribution in [3.63, 3.8) is 0 Å². The zero-order valence-corrected chi connectivity index (χ0v) is 24.6. The monoisotopic (exact) mass is 640 g/mol. The molecule has 3 N–H and O–H groups in total. The second-order valence-corrected chi connectivity index (χ2v) is 16.8. The summed E-state index contributed by atoms with van der Waals surface area (Å²) in [6.07, 6.45) is 1.77. The van der Waals surface area contributed by atoms with E-state index in [-0.39, 0.29) is 37.2 Å². The average Bonchev–Trinajstić information content (AvgIpc) is 3.43. The Kier molecular flexibility index (Phi) is 7.62. The van der Waals surface area contributed by atoms with Gasteiger partial charge in [0.1, 0.15) is 6.04 Å². The number of alkyl halides is 2. The number of anilines is 1. The first-order chi connectivity index (χ1) is 19.1. The molecule has 2 aromatic rings. The summed E-state index contributed by atoms with van der Waals surface area (Å²) in [4.78, 5) is 35.2. The molecule has 232 valence electrons. The molecule has 4 rings (SSSR count). The van der Waals surface area contributed by atoms with Crippen molar-refractivity contribution in [1.29, 1.82) is 5.26 Å². The predicted octanol–water partition coefficient (Wildman–Crippen LogP) is 5.36. The van der Waals surface area contributed by atoms with Crippen LogP contribution in [0.4, 0.5) is 30.0 Å². The maximum Gasteiger partial charge on any atom is 0.251 e. The Morgan fingerprint density at radius 2 is 1.83 bits per heavy atom. The quantitative estimate of drug-likeness (QED) is 0.213. The maximum atomic E-state index is 14.2. The van der Waals surface area contributed by atoms with Gasteiger partial charge < -0.3 is 15.4 Å². The second-order valence-electron chi connectivity index (χ2n) is 11.2. The number of hydrogen-bond donors (Lipinski definition) is 3. The number of carbonyl (C=O) groups is 2. The highest BCUT2D eigenvalue weighted by Crippen LogP contribution is 3.06. The van der Waals surface area contributed by atoms with E-state index < -0.39 is 68.7 Å². The van der Waals surface area contributed by atoms with Crippen molar-refractivity contribution < 1.29 is 39.0 Å². The van der Waals surface area contributed by atoms with Crippen LogP contribution < -0.4 is 10.2 Å². The normalized spacial score (nSPS) is 25.2. The van der Waals surface area contributed by atoms with Gasteiger partial charge in [-0.3, -0.25) is 19.4 Å². The number of amides is 2. The first-order valence-electron chi connectivity index (χ1n) is 12.9. The number of aliphatic hydroxyl groups is 1. The average molecular weight is 641 g/mol. The van der Waals surface area contributed by atoms with Gasteiger partial charge in [-0.15, -0.1) is 15.5 Å². The fourth-order valence-electron chi connectivity index (χ4n) is 5.32. The number of β-amino-alcohol motifs (C(OH)–C–C–N with tert-alkyl or cyclic N) is 1. The molecule has 1 saturated carbocycles. The minimum Gasteiger partial charge on any atom is -0.388 e. The number of H-pyrrole nitrogens is 1. The summed E-state index contributed by atoms with van der Waals surface area (Å²) < 4.78 is 83.9. The van der Waals surface area contributed by atoms with Crippen LogP contribution in [0.15, 0.2) is 35.5 Å². The van der Waals surface area contributed by atoms with E-state index in [1.165, 1.54) is 20.2 Å². The Morgan fingerprint density at radius 1 is 1.24 bits per heavy atom. The van der Waals surface area contributed by atoms with Crippen molar-refractivity contribution in [2.24, 2.45) is 0 Å². The van der Waals surface area contributed by atoms with Crippen LogP contribution in [0.5, 0.6) is 0 Å². The van der Waals surface area contributed by atoms with Gasteiger partial charge in [0.05, 0.1) is 29.1 Å². The molecule has 0 bridgehead atoms. The zero-order valence-electron chi connectivity index (χ0n) is 22.7. The van der Waals surface area contributed by atoms with Crippen molar-refractivity contribution >= 4 is 35.4 Å². The van der Waals surface area contributed by atoms with Crippen LogP contribution in [0, 0.1) is 18.4 Å². The van der Waals surface area contributed by atoms with Gasteiger partial charge in [0.2, 0.25) is 11.8 Å². The van der Waals surface area contributed by atoms with Crippen molar-refractivity contribution in [1.82, 2.24) is 20.2 Å². The number of aryl methyl sites for hydroxylation is 1. The van der Waals surface area contributed by atoms with E-state index in [9.17, 15) is 44.3 Å². The molecule has 2 amide bonds. The number of rotatable bonds is 7. The SMILES string of the molecule is Cc1[nH]cnc1C(C(=O)NC1CCC(F)(F)CC1)N(C(=O)C1C[C@@](C)(O)CN1C#N)c1ccc(S(F)(F)(F)(F)P)cc1. The summed E-state index contributed by atoms with van der Waals surface area (Å²) in [7, 11) is -8.35. The summed E-state index contributed by atoms with van der Waals surface area (Å²) in [5, 5.41) is 22.9. The summed E-state index contributed by atoms with van der Waals surface area (Å²) >= 11 is 0. The highest BCUT2D eigenvalue weighted by Gasteiger charge is 2.59. The van der Waals surface area contributed by atoms with Crippen LogP contribution in [-0.4, -0.2) is 61.9 Å². The number of imidazole rings is 1. The van der Waals surface area contributed by atoms with E-state index in [1.54, 1.807) is 0 Å². The summed E-state index contributed by atoms with van der Waals surface area (Å²) in [5.74, 6) is -4.65. The molecule has 1 aliphatic carbocycles. The first-order valence-corrected chi connectivity index (χ1v) is 16.5. The lowest BCUT2D eigenvalue weighted by atomic mass is 9.92. The molecule has 1 saturated heterocycles. The third kappa shape index (κ3) is 6.95. The molecule has 1 aliphatic heterocycles. The van der Waals surface area contributed by atoms with Gasteiger partial charge in [-0.25, -0.2) is 13.8 Å². The van der Waals surface area contributed by atoms with Crippen LogP contribution in [0.1, 0.15) is 56.5 Å². The minimum absolute atomic E-state index is 0.00704. The number of nitrogens with zero attached hydrogens (tertiary/aromatic N) is 4. The molecular formula is C25H31F6N6O3PS. The van der Waals surface area contributed by atoms with E-state index in [4.69, 9.17) is 0 Å². The zero-order chi connectivity index (χ0) is 31.4. The molecular weight excluding hydrogens is 609 g/mol. The van der Waals surface area contributed by atoms with Gasteiger partial charge in [-0.1, -0.05) is 0 Å². The number of nitriles is 1. The highest BCUT2D eigenvalue weighted by atomic mass is 32.9. The number of aromatic amines is 1. The van der Waals surface area contributed by atoms with Gasteiger partial charge >= 0.3 is 0 Å². The fourth-order valence-corrected chi connectivity index (χ4v) is 6.50. The lowest BCUT2D eigenvalue weighted by Gasteiger charge is -2.46. The molecule has 0 spiro atoms. The molecule has 0 radical (unpaired) electrons. The smallest absolute Gasteiger partial charge is 0.251 e. The van der Waals surface area contributed by atoms with Crippen LogP contribution in [-0.2, 0) is 9.59 Å². The largest absolute Gasteiger partial charge is 0.388 e. The van der Waals surface area contributed by atoms with Gasteiger partial charge in [0, 0.05) is 45.1 Å². The van der Waals surface area contributed by atoms with Gasteiger partial charge in [-0.2, -0.15) is 5.26 Å². The van der Waals surface area contributed by atoms with E-state index in [1.807, 2.05) is 6.19 Å². The highest BCUT2D eigenvalue weighted by molar-refractivity contribution is 8.81. The number of carbonyl (C=O) groups excluding carboxylic acids is 2. The van der Waals surface area contributed by atoms with E-state index in [0.29, 0.717) is 26.3 Å². The number of benzene rings is 1. The molecule has 2 fully saturated rings. The minimum atomic E-state index is -8.68. The molecule has 2 aliphatic rings. The lowest BCUT2D eigenvalue weighted by molar-refractivity contribution is -0.129. The van der Waals surface area contributed by atoms with Crippen molar-refractivity contribution in [3.05, 3.63) is 42.0 Å². The number of likely N-dealkylation sites (tertiary alicyclic amines) is 1. The van der Waals surface area contributed by atoms with Crippen molar-refractivity contribution in [2.45, 2.75) is 80.5 Å². The number of hydrogen-bond acceptors (Lipinski definition) is 6. The Bertz CT molecular complexity index is 1400. The molecule has 17 heteroatoms. The Labute approximate surface area is 240 Å². The van der Waals surface area contributed by atoms with Gasteiger partial charge in [-0.05, 0) is 51.0 Å². The Balaban J connectivity index is 1.82. The van der Waals surface area contributed by atoms with Crippen molar-refractivity contribution in [2.75, 3.05) is 11.4 Å². The summed E-state index contributed by atoms with van der Waals surface area (Å²) in [6, 6.07) is -1.11. The molecule has 3 unspecified atom stereocenters. The van der Waals surface area contributed by atoms with E-state index in [0.717, 1.165) is 21.9 Å². The van der Waals surface area contributed by atoms with Gasteiger partial charge in [0.15, 0.2) is 21.7 Å². The molecule has 2 heterocycles. The van der Waals surface area contributed by atoms with Crippen LogP contribution in [0.25, 0.3) is 0 Å². The third-order valence-corrected chi connectivity index (χ3v) is 9.55. The maximum absolute atomic E-state index is 14.2. The van der Waals surface area contributed by atoms with Crippen LogP contribution >= 0.6 is 17.9 Å². The molecule has 9 nitrogen and oxygen atoms in total. The first kappa shape index (κ1) is 31.9. The Hall–Kier alpha value is -3.02. The molecule has 42 heavy (non-hydrogen) atoms. The number of halogens is 6. The number of aromatic nitrogens is 2. The van der Waals surface area contributed by atoms with E-state index in [2.05, 4.69) is 15.3 Å². The summed E-state index contributed by atoms with van der Waals surface area (Å²) in [5.41, 5.74) is -1.40. The van der Waals surface area contributed by atoms with E-state index >= 15 is 0 Å². The van der Waals surface area contributed by atoms with Crippen LogP contribution in [0.2, 0.25) is 0 Å². The lowest BCUT2D eigenvalue weighted by Crippen LogP contribution is -2.52. The standard InChI is InChI=1S/C25H31F6N6O3PS/c1-15-20(34-14-33-15)21(22(38)35-16-7-9-25(26,27)10-8-16)37(23(39)19-11-24(2,40)12-36(19)13-32)17-3-5-18(6-4-17)42(28,29,30,31)41/h3-6,14,16,19,21,40H,7-12,41H2,1-2H3,(H,33,34)(H,35,38)/t19?,21?,24-/m1/s1. The number of nitrogens with one attached hydrogen (secondary N) is 2. The fraction of sp³-hybridized carbons (Fsp3) is 0.520. The second kappa shape index (κ2) is 10.0. The molecule has 4 atom stereocenters. The third-order valence-electron chi connectivity index (χ3n) is 7.48. The topological polar surface area (TPSA) is 125 Å².